The molecule has 9 aromatic rings. The van der Waals surface area contributed by atoms with Crippen molar-refractivity contribution < 1.29 is 0 Å². The Morgan fingerprint density at radius 2 is 1.11 bits per heavy atom. The first-order valence-corrected chi connectivity index (χ1v) is 22.9. The first-order valence-electron chi connectivity index (χ1n) is 22.9. The molecule has 0 atom stereocenters. The van der Waals surface area contributed by atoms with Gasteiger partial charge in [-0.15, -0.1) is 0 Å². The van der Waals surface area contributed by atoms with E-state index >= 15 is 0 Å². The minimum Gasteiger partial charge on any atom is -0.376 e. The topological polar surface area (TPSA) is 8.17 Å². The van der Waals surface area contributed by atoms with Gasteiger partial charge >= 0.3 is 6.85 Å². The second kappa shape index (κ2) is 12.1. The second-order valence-corrected chi connectivity index (χ2v) is 21.2. The molecular formula is C60H51BN2. The maximum absolute atomic E-state index is 2.75. The van der Waals surface area contributed by atoms with Crippen LogP contribution in [0.1, 0.15) is 99.9 Å². The van der Waals surface area contributed by atoms with E-state index in [1.165, 1.54) is 117 Å². The van der Waals surface area contributed by atoms with Gasteiger partial charge in [0, 0.05) is 38.8 Å². The van der Waals surface area contributed by atoms with Gasteiger partial charge in [-0.25, -0.2) is 0 Å². The molecule has 4 aliphatic rings. The van der Waals surface area contributed by atoms with Crippen molar-refractivity contribution in [1.29, 1.82) is 0 Å². The molecule has 2 nitrogen and oxygen atoms in total. The van der Waals surface area contributed by atoms with Gasteiger partial charge in [-0.05, 0) is 107 Å². The molecule has 0 saturated heterocycles. The van der Waals surface area contributed by atoms with Crippen LogP contribution in [-0.2, 0) is 21.7 Å². The molecule has 13 rings (SSSR count). The molecule has 0 radical (unpaired) electrons. The average molecular weight is 811 g/mol. The smallest absolute Gasteiger partial charge is 0.333 e. The highest BCUT2D eigenvalue weighted by molar-refractivity contribution is 6.94. The summed E-state index contributed by atoms with van der Waals surface area (Å²) in [5, 5.41) is 2.72. The number of para-hydroxylation sites is 2. The molecular weight excluding hydrogens is 759 g/mol. The number of nitrogens with zero attached hydrogens (tertiary/aromatic N) is 2. The maximum atomic E-state index is 2.75. The van der Waals surface area contributed by atoms with E-state index in [1.54, 1.807) is 0 Å². The highest BCUT2D eigenvalue weighted by Gasteiger charge is 2.54. The molecule has 1 aliphatic carbocycles. The molecule has 63 heavy (non-hydrogen) atoms. The lowest BCUT2D eigenvalue weighted by Gasteiger charge is -2.47. The summed E-state index contributed by atoms with van der Waals surface area (Å²) in [6.45, 7) is 18.9. The summed E-state index contributed by atoms with van der Waals surface area (Å²) in [6, 6.07) is 63.4. The lowest BCUT2D eigenvalue weighted by atomic mass is 9.42. The van der Waals surface area contributed by atoms with Gasteiger partial charge < -0.3 is 9.38 Å². The normalized spacial score (nSPS) is 15.8. The van der Waals surface area contributed by atoms with Crippen LogP contribution in [0, 0.1) is 0 Å². The quantitative estimate of drug-likeness (QED) is 0.161. The summed E-state index contributed by atoms with van der Waals surface area (Å²) in [5.41, 5.74) is 24.8. The average Bonchev–Trinajstić information content (AvgIpc) is 3.76. The van der Waals surface area contributed by atoms with Crippen molar-refractivity contribution in [3.05, 3.63) is 208 Å². The molecule has 0 bridgehead atoms. The van der Waals surface area contributed by atoms with Gasteiger partial charge in [0.1, 0.15) is 0 Å². The third-order valence-corrected chi connectivity index (χ3v) is 15.5. The van der Waals surface area contributed by atoms with Crippen molar-refractivity contribution in [3.8, 4) is 27.9 Å². The van der Waals surface area contributed by atoms with Crippen LogP contribution in [0.5, 0.6) is 0 Å². The fraction of sp³-hybridized carbons (Fsp3) is 0.200. The van der Waals surface area contributed by atoms with Crippen LogP contribution in [-0.4, -0.2) is 11.4 Å². The van der Waals surface area contributed by atoms with Gasteiger partial charge in [-0.1, -0.05) is 195 Å². The van der Waals surface area contributed by atoms with E-state index in [9.17, 15) is 0 Å². The lowest BCUT2D eigenvalue weighted by Crippen LogP contribution is -2.61. The van der Waals surface area contributed by atoms with Gasteiger partial charge in [0.15, 0.2) is 0 Å². The summed E-state index contributed by atoms with van der Waals surface area (Å²) in [5.74, 6) is 0. The Morgan fingerprint density at radius 3 is 1.79 bits per heavy atom. The summed E-state index contributed by atoms with van der Waals surface area (Å²) in [4.78, 5) is 2.72. The van der Waals surface area contributed by atoms with Gasteiger partial charge in [0.2, 0.25) is 0 Å². The largest absolute Gasteiger partial charge is 0.376 e. The number of rotatable bonds is 3. The highest BCUT2D eigenvalue weighted by atomic mass is 15.1. The number of fused-ring (bicyclic) bond motifs is 9. The monoisotopic (exact) mass is 810 g/mol. The van der Waals surface area contributed by atoms with E-state index in [2.05, 4.69) is 229 Å². The fourth-order valence-corrected chi connectivity index (χ4v) is 12.7. The zero-order chi connectivity index (χ0) is 42.9. The van der Waals surface area contributed by atoms with Crippen LogP contribution in [0.4, 0.5) is 11.4 Å². The van der Waals surface area contributed by atoms with Gasteiger partial charge in [-0.2, -0.15) is 0 Å². The Kier molecular flexibility index (Phi) is 7.12. The van der Waals surface area contributed by atoms with E-state index in [0.29, 0.717) is 0 Å². The van der Waals surface area contributed by atoms with E-state index in [1.807, 2.05) is 0 Å². The Bertz CT molecular complexity index is 3390. The number of hydrogen-bond acceptors (Lipinski definition) is 1. The van der Waals surface area contributed by atoms with Crippen LogP contribution >= 0.6 is 0 Å². The third-order valence-electron chi connectivity index (χ3n) is 15.5. The van der Waals surface area contributed by atoms with E-state index in [-0.39, 0.29) is 23.1 Å². The summed E-state index contributed by atoms with van der Waals surface area (Å²) in [7, 11) is 0. The van der Waals surface area contributed by atoms with Crippen LogP contribution < -0.4 is 15.7 Å². The Morgan fingerprint density at radius 1 is 0.508 bits per heavy atom. The number of aromatic nitrogens is 1. The second-order valence-electron chi connectivity index (χ2n) is 21.2. The van der Waals surface area contributed by atoms with E-state index in [0.717, 1.165) is 0 Å². The van der Waals surface area contributed by atoms with Crippen LogP contribution in [0.2, 0.25) is 0 Å². The van der Waals surface area contributed by atoms with E-state index < -0.39 is 5.41 Å². The Hall–Kier alpha value is -6.58. The number of hydrogen-bond donors (Lipinski definition) is 0. The minimum atomic E-state index is -0.564. The third kappa shape index (κ3) is 4.50. The highest BCUT2D eigenvalue weighted by Crippen LogP contribution is 2.62. The van der Waals surface area contributed by atoms with Gasteiger partial charge in [0.25, 0.3) is 0 Å². The molecule has 8 aromatic carbocycles. The molecule has 304 valence electrons. The molecule has 3 heteroatoms. The van der Waals surface area contributed by atoms with Crippen molar-refractivity contribution in [2.45, 2.75) is 77.0 Å². The summed E-state index contributed by atoms with van der Waals surface area (Å²) >= 11 is 0. The molecule has 0 spiro atoms. The maximum Gasteiger partial charge on any atom is 0.333 e. The van der Waals surface area contributed by atoms with Crippen molar-refractivity contribution in [2.75, 3.05) is 4.81 Å². The zero-order valence-corrected chi connectivity index (χ0v) is 37.6. The van der Waals surface area contributed by atoms with Crippen molar-refractivity contribution in [1.82, 2.24) is 4.57 Å². The molecule has 0 unspecified atom stereocenters. The predicted octanol–water partition coefficient (Wildman–Crippen LogP) is 13.6. The summed E-state index contributed by atoms with van der Waals surface area (Å²) < 4.78 is 2.75. The SMILES string of the molecule is CC(C)(C)c1ccc(N2B3c4cccc5c4-n4c6c(cccc6c6c7c(c(c3c64)-c3cc(C(C)(C)C)ccc32)C(C)(C)c2ccccc2-7)C5(c2ccccc2)c2ccccc2)cc1. The number of benzene rings is 8. The minimum absolute atomic E-state index is 0.0294. The Labute approximate surface area is 372 Å². The fourth-order valence-electron chi connectivity index (χ4n) is 12.7. The Balaban J connectivity index is 1.30. The van der Waals surface area contributed by atoms with Crippen LogP contribution in [0.3, 0.4) is 0 Å². The molecule has 3 aliphatic heterocycles. The molecule has 0 saturated carbocycles. The zero-order valence-electron chi connectivity index (χ0n) is 37.6. The molecule has 0 N–H and O–H groups in total. The molecule has 0 amide bonds. The van der Waals surface area contributed by atoms with Crippen LogP contribution in [0.25, 0.3) is 49.7 Å². The van der Waals surface area contributed by atoms with Crippen molar-refractivity contribution in [2.24, 2.45) is 0 Å². The van der Waals surface area contributed by atoms with Crippen molar-refractivity contribution in [3.63, 3.8) is 0 Å². The number of anilines is 2. The summed E-state index contributed by atoms with van der Waals surface area (Å²) in [6.07, 6.45) is 0. The van der Waals surface area contributed by atoms with Gasteiger partial charge in [0.05, 0.1) is 16.4 Å². The van der Waals surface area contributed by atoms with E-state index in [4.69, 9.17) is 0 Å². The predicted molar refractivity (Wildman–Crippen MR) is 267 cm³/mol. The molecule has 0 fully saturated rings. The first kappa shape index (κ1) is 37.0. The molecule has 1 aromatic heterocycles. The first-order chi connectivity index (χ1) is 30.3. The van der Waals surface area contributed by atoms with Crippen molar-refractivity contribution >= 4 is 51.0 Å². The van der Waals surface area contributed by atoms with Gasteiger partial charge in [-0.3, -0.25) is 0 Å². The van der Waals surface area contributed by atoms with Crippen LogP contribution in [0.15, 0.2) is 164 Å². The lowest BCUT2D eigenvalue weighted by molar-refractivity contribution is 0.590. The molecule has 4 heterocycles. The standard InChI is InChI=1S/C60H51BN2/c1-57(2,3)36-29-32-40(33-30-36)63-48-34-31-39(58(4,5)6)35-43(48)51-52-49(41-23-15-16-25-44(41)59(52,7)8)50-42-24-17-26-45-54(42)62-55-46(27-18-28-47(55)61(63)53(51)56(50)62)60(45,37-19-11-9-12-20-37)38-21-13-10-14-22-38/h9-35H,1-8H3.